The van der Waals surface area contributed by atoms with Gasteiger partial charge in [-0.1, -0.05) is 26.0 Å². The molecule has 0 fully saturated rings. The van der Waals surface area contributed by atoms with Crippen LogP contribution in [0.25, 0.3) is 0 Å². The first-order valence-corrected chi connectivity index (χ1v) is 9.39. The third-order valence-corrected chi connectivity index (χ3v) is 4.20. The van der Waals surface area contributed by atoms with Crippen LogP contribution in [0.4, 0.5) is 5.69 Å². The Morgan fingerprint density at radius 3 is 2.44 bits per heavy atom. The van der Waals surface area contributed by atoms with Crippen LogP contribution in [0.3, 0.4) is 0 Å². The molecule has 1 aromatic heterocycles. The van der Waals surface area contributed by atoms with Gasteiger partial charge in [0.05, 0.1) is 6.26 Å². The van der Waals surface area contributed by atoms with Gasteiger partial charge in [-0.2, -0.15) is 0 Å². The molecule has 3 N–H and O–H groups in total. The van der Waals surface area contributed by atoms with Gasteiger partial charge in [0, 0.05) is 25.3 Å². The second kappa shape index (κ2) is 10.4. The lowest BCUT2D eigenvalue weighted by molar-refractivity contribution is 0.0996. The molecule has 0 aliphatic rings. The minimum Gasteiger partial charge on any atom is -0.459 e. The van der Waals surface area contributed by atoms with Gasteiger partial charge in [-0.25, -0.2) is 0 Å². The lowest BCUT2D eigenvalue weighted by Crippen LogP contribution is -2.41. The summed E-state index contributed by atoms with van der Waals surface area (Å²) in [4.78, 5) is 16.3. The van der Waals surface area contributed by atoms with E-state index in [-0.39, 0.29) is 5.91 Å². The molecule has 2 rings (SSSR count). The molecule has 0 saturated heterocycles. The highest BCUT2D eigenvalue weighted by molar-refractivity contribution is 6.02. The monoisotopic (exact) mass is 370 g/mol. The molecule has 2 aromatic rings. The molecule has 27 heavy (non-hydrogen) atoms. The second-order valence-electron chi connectivity index (χ2n) is 7.07. The van der Waals surface area contributed by atoms with Crippen molar-refractivity contribution in [3.8, 4) is 0 Å². The highest BCUT2D eigenvalue weighted by Gasteiger charge is 2.09. The molecule has 146 valence electrons. The largest absolute Gasteiger partial charge is 0.459 e. The Morgan fingerprint density at radius 1 is 1.11 bits per heavy atom. The summed E-state index contributed by atoms with van der Waals surface area (Å²) in [5.41, 5.74) is 1.83. The van der Waals surface area contributed by atoms with Gasteiger partial charge in [-0.05, 0) is 55.5 Å². The maximum Gasteiger partial charge on any atom is 0.291 e. The molecule has 0 spiro atoms. The summed E-state index contributed by atoms with van der Waals surface area (Å²) < 4.78 is 5.09. The highest BCUT2D eigenvalue weighted by Crippen LogP contribution is 2.12. The normalized spacial score (nSPS) is 12.7. The van der Waals surface area contributed by atoms with Crippen LogP contribution in [0, 0.1) is 5.92 Å². The summed E-state index contributed by atoms with van der Waals surface area (Å²) in [7, 11) is 1.78. The molecule has 6 nitrogen and oxygen atoms in total. The lowest BCUT2D eigenvalue weighted by atomic mass is 10.0. The van der Waals surface area contributed by atoms with Gasteiger partial charge in [-0.15, -0.1) is 0 Å². The quantitative estimate of drug-likeness (QED) is 0.484. The molecule has 1 aromatic carbocycles. The molecule has 6 heteroatoms. The average molecular weight is 370 g/mol. The molecule has 1 unspecified atom stereocenters. The molecule has 0 aliphatic heterocycles. The number of rotatable bonds is 8. The summed E-state index contributed by atoms with van der Waals surface area (Å²) in [6, 6.07) is 11.4. The van der Waals surface area contributed by atoms with E-state index in [0.29, 0.717) is 24.3 Å². The average Bonchev–Trinajstić information content (AvgIpc) is 3.19. The topological polar surface area (TPSA) is 78.7 Å². The molecule has 0 bridgehead atoms. The van der Waals surface area contributed by atoms with Crippen molar-refractivity contribution in [2.24, 2.45) is 10.9 Å². The molecule has 0 saturated carbocycles. The number of hydrogen-bond acceptors (Lipinski definition) is 3. The van der Waals surface area contributed by atoms with E-state index in [1.54, 1.807) is 19.2 Å². The first kappa shape index (κ1) is 20.6. The summed E-state index contributed by atoms with van der Waals surface area (Å²) in [6.45, 7) is 7.30. The Balaban J connectivity index is 1.80. The summed E-state index contributed by atoms with van der Waals surface area (Å²) in [5.74, 6) is 1.53. The maximum absolute atomic E-state index is 12.0. The van der Waals surface area contributed by atoms with Crippen molar-refractivity contribution in [3.05, 3.63) is 54.0 Å². The van der Waals surface area contributed by atoms with Gasteiger partial charge in [0.15, 0.2) is 11.7 Å². The van der Waals surface area contributed by atoms with Crippen LogP contribution < -0.4 is 16.0 Å². The zero-order valence-corrected chi connectivity index (χ0v) is 16.6. The van der Waals surface area contributed by atoms with Gasteiger partial charge in [-0.3, -0.25) is 9.79 Å². The van der Waals surface area contributed by atoms with Crippen LogP contribution in [-0.2, 0) is 6.54 Å². The van der Waals surface area contributed by atoms with Crippen LogP contribution in [-0.4, -0.2) is 25.0 Å². The standard InChI is InChI=1S/C21H30N4O2/c1-15(2)7-8-16(3)24-21(22-4)23-14-17-9-11-18(12-10-17)25-20(26)19-6-5-13-27-19/h5-6,9-13,15-16H,7-8,14H2,1-4H3,(H,25,26)(H2,22,23,24). The molecule has 1 amide bonds. The first-order valence-electron chi connectivity index (χ1n) is 9.39. The number of aliphatic imine (C=N–C) groups is 1. The fourth-order valence-electron chi connectivity index (χ4n) is 2.58. The van der Waals surface area contributed by atoms with Crippen molar-refractivity contribution < 1.29 is 9.21 Å². The SMILES string of the molecule is CN=C(NCc1ccc(NC(=O)c2ccco2)cc1)NC(C)CCC(C)C. The molecule has 1 heterocycles. The van der Waals surface area contributed by atoms with Gasteiger partial charge >= 0.3 is 0 Å². The number of anilines is 1. The van der Waals surface area contributed by atoms with E-state index in [9.17, 15) is 4.79 Å². The minimum atomic E-state index is -0.258. The van der Waals surface area contributed by atoms with E-state index in [4.69, 9.17) is 4.42 Å². The van der Waals surface area contributed by atoms with E-state index < -0.39 is 0 Å². The maximum atomic E-state index is 12.0. The van der Waals surface area contributed by atoms with Crippen LogP contribution in [0.2, 0.25) is 0 Å². The van der Waals surface area contributed by atoms with Crippen LogP contribution in [0.5, 0.6) is 0 Å². The van der Waals surface area contributed by atoms with Gasteiger partial charge in [0.1, 0.15) is 0 Å². The molecule has 1 atom stereocenters. The zero-order valence-electron chi connectivity index (χ0n) is 16.6. The molecule has 0 aliphatic carbocycles. The van der Waals surface area contributed by atoms with Crippen molar-refractivity contribution in [2.75, 3.05) is 12.4 Å². The molecular weight excluding hydrogens is 340 g/mol. The van der Waals surface area contributed by atoms with Crippen LogP contribution in [0.15, 0.2) is 52.1 Å². The summed E-state index contributed by atoms with van der Waals surface area (Å²) in [5, 5.41) is 9.55. The Labute approximate surface area is 161 Å². The van der Waals surface area contributed by atoms with Crippen molar-refractivity contribution in [2.45, 2.75) is 46.2 Å². The number of nitrogens with one attached hydrogen (secondary N) is 3. The number of guanidine groups is 1. The summed E-state index contributed by atoms with van der Waals surface area (Å²) >= 11 is 0. The van der Waals surface area contributed by atoms with E-state index in [0.717, 1.165) is 23.6 Å². The Morgan fingerprint density at radius 2 is 1.85 bits per heavy atom. The third kappa shape index (κ3) is 7.17. The second-order valence-corrected chi connectivity index (χ2v) is 7.07. The highest BCUT2D eigenvalue weighted by atomic mass is 16.3. The van der Waals surface area contributed by atoms with E-state index >= 15 is 0 Å². The van der Waals surface area contributed by atoms with E-state index in [1.807, 2.05) is 24.3 Å². The lowest BCUT2D eigenvalue weighted by Gasteiger charge is -2.18. The van der Waals surface area contributed by atoms with Gasteiger partial charge < -0.3 is 20.4 Å². The minimum absolute atomic E-state index is 0.258. The Bertz CT molecular complexity index is 721. The number of furan rings is 1. The predicted octanol–water partition coefficient (Wildman–Crippen LogP) is 4.02. The van der Waals surface area contributed by atoms with Crippen LogP contribution in [0.1, 0.15) is 49.7 Å². The van der Waals surface area contributed by atoms with Gasteiger partial charge in [0.25, 0.3) is 5.91 Å². The predicted molar refractivity (Wildman–Crippen MR) is 110 cm³/mol. The number of nitrogens with zero attached hydrogens (tertiary/aromatic N) is 1. The van der Waals surface area contributed by atoms with Crippen molar-refractivity contribution in [3.63, 3.8) is 0 Å². The fraction of sp³-hybridized carbons (Fsp3) is 0.429. The zero-order chi connectivity index (χ0) is 19.6. The van der Waals surface area contributed by atoms with Crippen molar-refractivity contribution in [1.82, 2.24) is 10.6 Å². The fourth-order valence-corrected chi connectivity index (χ4v) is 2.58. The van der Waals surface area contributed by atoms with Crippen LogP contribution >= 0.6 is 0 Å². The van der Waals surface area contributed by atoms with Crippen molar-refractivity contribution >= 4 is 17.6 Å². The summed E-state index contributed by atoms with van der Waals surface area (Å²) in [6.07, 6.45) is 3.78. The number of carbonyl (C=O) groups is 1. The molecular formula is C21H30N4O2. The Hall–Kier alpha value is -2.76. The number of hydrogen-bond donors (Lipinski definition) is 3. The third-order valence-electron chi connectivity index (χ3n) is 4.20. The van der Waals surface area contributed by atoms with E-state index in [2.05, 4.69) is 41.7 Å². The number of benzene rings is 1. The molecule has 0 radical (unpaired) electrons. The van der Waals surface area contributed by atoms with Gasteiger partial charge in [0.2, 0.25) is 0 Å². The smallest absolute Gasteiger partial charge is 0.291 e. The number of carbonyl (C=O) groups excluding carboxylic acids is 1. The Kier molecular flexibility index (Phi) is 7.92. The first-order chi connectivity index (χ1) is 13.0. The number of amides is 1. The van der Waals surface area contributed by atoms with Crippen molar-refractivity contribution in [1.29, 1.82) is 0 Å². The van der Waals surface area contributed by atoms with E-state index in [1.165, 1.54) is 12.7 Å².